The van der Waals surface area contributed by atoms with Gasteiger partial charge in [-0.05, 0) is 63.2 Å². The molecule has 1 aliphatic rings. The van der Waals surface area contributed by atoms with Crippen molar-refractivity contribution >= 4 is 29.0 Å². The lowest BCUT2D eigenvalue weighted by molar-refractivity contribution is -0.127. The van der Waals surface area contributed by atoms with Crippen LogP contribution in [-0.2, 0) is 9.53 Å². The minimum Gasteiger partial charge on any atom is -0.481 e. The highest BCUT2D eigenvalue weighted by Gasteiger charge is 2.17. The van der Waals surface area contributed by atoms with Crippen molar-refractivity contribution in [1.82, 2.24) is 16.2 Å². The van der Waals surface area contributed by atoms with Crippen LogP contribution in [0, 0.1) is 0 Å². The van der Waals surface area contributed by atoms with Crippen molar-refractivity contribution in [2.24, 2.45) is 0 Å². The van der Waals surface area contributed by atoms with E-state index in [1.54, 1.807) is 31.2 Å². The number of amides is 1. The average molecular weight is 365 g/mol. The molecule has 0 saturated carbocycles. The predicted octanol–water partition coefficient (Wildman–Crippen LogP) is 1.33. The smallest absolute Gasteiger partial charge is 0.279 e. The van der Waals surface area contributed by atoms with Crippen molar-refractivity contribution in [2.45, 2.75) is 38.9 Å². The Labute approximate surface area is 152 Å². The van der Waals surface area contributed by atoms with E-state index in [9.17, 15) is 9.59 Å². The minimum atomic E-state index is -0.725. The average Bonchev–Trinajstić information content (AvgIpc) is 3.11. The number of hydrazine groups is 1. The zero-order valence-electron chi connectivity index (χ0n) is 14.3. The summed E-state index contributed by atoms with van der Waals surface area (Å²) < 4.78 is 11.0. The van der Waals surface area contributed by atoms with Crippen LogP contribution in [0.2, 0.25) is 0 Å². The molecule has 1 fully saturated rings. The lowest BCUT2D eigenvalue weighted by Crippen LogP contribution is -2.51. The van der Waals surface area contributed by atoms with Crippen LogP contribution in [0.3, 0.4) is 0 Å². The molecule has 1 aliphatic heterocycles. The summed E-state index contributed by atoms with van der Waals surface area (Å²) >= 11 is 5.10. The number of hydrogen-bond acceptors (Lipinski definition) is 5. The third kappa shape index (κ3) is 6.32. The molecule has 0 spiro atoms. The molecule has 1 saturated heterocycles. The molecule has 2 unspecified atom stereocenters. The molecule has 8 heteroatoms. The Bertz CT molecular complexity index is 615. The summed E-state index contributed by atoms with van der Waals surface area (Å²) in [6, 6.07) is 6.62. The maximum Gasteiger partial charge on any atom is 0.279 e. The van der Waals surface area contributed by atoms with Gasteiger partial charge < -0.3 is 14.8 Å². The first-order valence-corrected chi connectivity index (χ1v) is 8.59. The summed E-state index contributed by atoms with van der Waals surface area (Å²) in [5, 5.41) is 3.31. The molecule has 2 atom stereocenters. The summed E-state index contributed by atoms with van der Waals surface area (Å²) in [4.78, 5) is 23.3. The topological polar surface area (TPSA) is 88.7 Å². The van der Waals surface area contributed by atoms with Gasteiger partial charge in [0.1, 0.15) is 5.75 Å². The summed E-state index contributed by atoms with van der Waals surface area (Å²) in [6.07, 6.45) is 1.51. The van der Waals surface area contributed by atoms with Crippen molar-refractivity contribution in [1.29, 1.82) is 0 Å². The van der Waals surface area contributed by atoms with Crippen LogP contribution in [0.1, 0.15) is 37.0 Å². The molecule has 0 bridgehead atoms. The zero-order valence-corrected chi connectivity index (χ0v) is 15.2. The highest BCUT2D eigenvalue weighted by molar-refractivity contribution is 7.80. The van der Waals surface area contributed by atoms with Crippen LogP contribution >= 0.6 is 12.2 Å². The molecule has 1 aromatic carbocycles. The second-order valence-corrected chi connectivity index (χ2v) is 6.21. The number of carbonyl (C=O) groups excluding carboxylic acids is 2. The van der Waals surface area contributed by atoms with E-state index in [4.69, 9.17) is 21.7 Å². The zero-order chi connectivity index (χ0) is 18.2. The standard InChI is InChI=1S/C17H23N3O4S/c1-11(21)13-5-7-14(8-6-13)24-12(2)16(22)19-20-17(25)18-10-15-4-3-9-23-15/h5-8,12,15H,3-4,9-10H2,1-2H3,(H,19,22)(H2,18,20,25). The molecule has 25 heavy (non-hydrogen) atoms. The molecule has 1 heterocycles. The van der Waals surface area contributed by atoms with Gasteiger partial charge >= 0.3 is 0 Å². The van der Waals surface area contributed by atoms with Crippen LogP contribution in [0.4, 0.5) is 0 Å². The lowest BCUT2D eigenvalue weighted by atomic mass is 10.1. The predicted molar refractivity (Wildman–Crippen MR) is 97.4 cm³/mol. The first kappa shape index (κ1) is 19.1. The van der Waals surface area contributed by atoms with E-state index in [0.29, 0.717) is 23.0 Å². The number of ether oxygens (including phenoxy) is 2. The summed E-state index contributed by atoms with van der Waals surface area (Å²) in [5.74, 6) is 0.120. The van der Waals surface area contributed by atoms with Gasteiger partial charge in [-0.1, -0.05) is 0 Å². The fourth-order valence-corrected chi connectivity index (χ4v) is 2.44. The summed E-state index contributed by atoms with van der Waals surface area (Å²) in [6.45, 7) is 4.51. The van der Waals surface area contributed by atoms with Crippen molar-refractivity contribution in [2.75, 3.05) is 13.2 Å². The third-order valence-corrected chi connectivity index (χ3v) is 4.00. The van der Waals surface area contributed by atoms with Crippen LogP contribution in [-0.4, -0.2) is 42.2 Å². The fourth-order valence-electron chi connectivity index (χ4n) is 2.30. The van der Waals surface area contributed by atoms with Crippen molar-refractivity contribution in [3.05, 3.63) is 29.8 Å². The number of carbonyl (C=O) groups is 2. The summed E-state index contributed by atoms with van der Waals surface area (Å²) in [5.41, 5.74) is 5.72. The Morgan fingerprint density at radius 3 is 2.64 bits per heavy atom. The minimum absolute atomic E-state index is 0.0226. The van der Waals surface area contributed by atoms with Gasteiger partial charge in [-0.3, -0.25) is 20.4 Å². The largest absolute Gasteiger partial charge is 0.481 e. The Balaban J connectivity index is 1.70. The van der Waals surface area contributed by atoms with Gasteiger partial charge in [-0.2, -0.15) is 0 Å². The SMILES string of the molecule is CC(=O)c1ccc(OC(C)C(=O)NNC(=S)NCC2CCCO2)cc1. The molecule has 1 aromatic rings. The highest BCUT2D eigenvalue weighted by Crippen LogP contribution is 2.14. The van der Waals surface area contributed by atoms with Gasteiger partial charge in [0.05, 0.1) is 6.10 Å². The van der Waals surface area contributed by atoms with Crippen LogP contribution in [0.5, 0.6) is 5.75 Å². The Hall–Kier alpha value is -2.19. The fraction of sp³-hybridized carbons (Fsp3) is 0.471. The van der Waals surface area contributed by atoms with Crippen LogP contribution in [0.25, 0.3) is 0 Å². The van der Waals surface area contributed by atoms with E-state index >= 15 is 0 Å². The molecule has 0 aliphatic carbocycles. The van der Waals surface area contributed by atoms with Crippen molar-refractivity contribution in [3.63, 3.8) is 0 Å². The Kier molecular flexibility index (Phi) is 7.15. The van der Waals surface area contributed by atoms with E-state index in [1.165, 1.54) is 6.92 Å². The van der Waals surface area contributed by atoms with Gasteiger partial charge in [0.2, 0.25) is 0 Å². The normalized spacial score (nSPS) is 17.4. The molecule has 3 N–H and O–H groups in total. The Morgan fingerprint density at radius 2 is 2.04 bits per heavy atom. The molecule has 136 valence electrons. The van der Waals surface area contributed by atoms with E-state index < -0.39 is 6.10 Å². The number of thiocarbonyl (C=S) groups is 1. The van der Waals surface area contributed by atoms with Gasteiger partial charge in [0, 0.05) is 18.7 Å². The van der Waals surface area contributed by atoms with Crippen LogP contribution in [0.15, 0.2) is 24.3 Å². The molecular formula is C17H23N3O4S. The van der Waals surface area contributed by atoms with E-state index in [1.807, 2.05) is 0 Å². The lowest BCUT2D eigenvalue weighted by Gasteiger charge is -2.17. The molecular weight excluding hydrogens is 342 g/mol. The third-order valence-electron chi connectivity index (χ3n) is 3.76. The first-order valence-electron chi connectivity index (χ1n) is 8.18. The van der Waals surface area contributed by atoms with Crippen LogP contribution < -0.4 is 20.9 Å². The first-order chi connectivity index (χ1) is 12.0. The van der Waals surface area contributed by atoms with Gasteiger partial charge in [-0.15, -0.1) is 0 Å². The molecule has 1 amide bonds. The number of nitrogens with one attached hydrogen (secondary N) is 3. The van der Waals surface area contributed by atoms with Crippen molar-refractivity contribution < 1.29 is 19.1 Å². The Morgan fingerprint density at radius 1 is 1.32 bits per heavy atom. The number of benzene rings is 1. The van der Waals surface area contributed by atoms with E-state index in [2.05, 4.69) is 16.2 Å². The molecule has 0 aromatic heterocycles. The number of ketones is 1. The monoisotopic (exact) mass is 365 g/mol. The number of hydrogen-bond donors (Lipinski definition) is 3. The van der Waals surface area contributed by atoms with E-state index in [-0.39, 0.29) is 17.8 Å². The quantitative estimate of drug-likeness (QED) is 0.398. The molecule has 0 radical (unpaired) electrons. The maximum atomic E-state index is 12.0. The van der Waals surface area contributed by atoms with Gasteiger partial charge in [0.15, 0.2) is 17.0 Å². The second kappa shape index (κ2) is 9.33. The number of Topliss-reactive ketones (excluding diaryl/α,β-unsaturated/α-hetero) is 1. The van der Waals surface area contributed by atoms with Gasteiger partial charge in [-0.25, -0.2) is 0 Å². The van der Waals surface area contributed by atoms with Crippen molar-refractivity contribution in [3.8, 4) is 5.75 Å². The number of rotatable bonds is 6. The second-order valence-electron chi connectivity index (χ2n) is 5.80. The molecule has 2 rings (SSSR count). The summed E-state index contributed by atoms with van der Waals surface area (Å²) in [7, 11) is 0. The highest BCUT2D eigenvalue weighted by atomic mass is 32.1. The molecule has 7 nitrogen and oxygen atoms in total. The van der Waals surface area contributed by atoms with Gasteiger partial charge in [0.25, 0.3) is 5.91 Å². The maximum absolute atomic E-state index is 12.0. The van der Waals surface area contributed by atoms with E-state index in [0.717, 1.165) is 19.4 Å².